The van der Waals surface area contributed by atoms with Gasteiger partial charge in [-0.25, -0.2) is 0 Å². The number of carbonyl (C=O) groups excluding carboxylic acids is 3. The number of amides is 3. The van der Waals surface area contributed by atoms with Gasteiger partial charge in [0.1, 0.15) is 6.54 Å². The Morgan fingerprint density at radius 1 is 1.29 bits per heavy atom. The lowest BCUT2D eigenvalue weighted by Gasteiger charge is -2.13. The second-order valence-electron chi connectivity index (χ2n) is 5.73. The molecule has 9 heteroatoms. The SMILES string of the molecule is COc1cc(/C=C2/SC(=O)N(CC(=O)Nc3ccccc3Cl)C2=O)ccc1O. The van der Waals surface area contributed by atoms with E-state index in [1.54, 1.807) is 30.3 Å². The average molecular weight is 419 g/mol. The molecule has 0 unspecified atom stereocenters. The number of anilines is 1. The van der Waals surface area contributed by atoms with E-state index in [4.69, 9.17) is 16.3 Å². The standard InChI is InChI=1S/C19H15ClN2O5S/c1-27-15-8-11(6-7-14(15)23)9-16-18(25)22(19(26)28-16)10-17(24)21-13-5-3-2-4-12(13)20/h2-9,23H,10H2,1H3,(H,21,24)/b16-9+. The van der Waals surface area contributed by atoms with Crippen molar-refractivity contribution in [2.45, 2.75) is 0 Å². The summed E-state index contributed by atoms with van der Waals surface area (Å²) >= 11 is 6.72. The van der Waals surface area contributed by atoms with Gasteiger partial charge in [-0.15, -0.1) is 0 Å². The van der Waals surface area contributed by atoms with Gasteiger partial charge in [0.05, 0.1) is 22.7 Å². The van der Waals surface area contributed by atoms with E-state index in [0.29, 0.717) is 16.3 Å². The van der Waals surface area contributed by atoms with E-state index in [2.05, 4.69) is 5.32 Å². The van der Waals surface area contributed by atoms with Gasteiger partial charge in [0.2, 0.25) is 5.91 Å². The summed E-state index contributed by atoms with van der Waals surface area (Å²) in [5.41, 5.74) is 0.966. The number of nitrogens with one attached hydrogen (secondary N) is 1. The Balaban J connectivity index is 1.73. The van der Waals surface area contributed by atoms with Crippen LogP contribution < -0.4 is 10.1 Å². The maximum absolute atomic E-state index is 12.5. The molecule has 0 saturated carbocycles. The zero-order valence-corrected chi connectivity index (χ0v) is 16.2. The van der Waals surface area contributed by atoms with Gasteiger partial charge in [-0.2, -0.15) is 0 Å². The van der Waals surface area contributed by atoms with Crippen LogP contribution in [0.25, 0.3) is 6.08 Å². The third-order valence-corrected chi connectivity index (χ3v) is 5.06. The van der Waals surface area contributed by atoms with Crippen molar-refractivity contribution in [1.29, 1.82) is 0 Å². The first-order valence-corrected chi connectivity index (χ1v) is 9.25. The van der Waals surface area contributed by atoms with Gasteiger partial charge in [-0.05, 0) is 47.7 Å². The molecule has 2 N–H and O–H groups in total. The van der Waals surface area contributed by atoms with Gasteiger partial charge in [0.15, 0.2) is 11.5 Å². The molecule has 3 rings (SSSR count). The van der Waals surface area contributed by atoms with Crippen LogP contribution in [0.2, 0.25) is 5.02 Å². The van der Waals surface area contributed by atoms with Gasteiger partial charge < -0.3 is 15.2 Å². The van der Waals surface area contributed by atoms with E-state index in [1.165, 1.54) is 25.3 Å². The number of phenolic OH excluding ortho intramolecular Hbond substituents is 1. The predicted octanol–water partition coefficient (Wildman–Crippen LogP) is 3.73. The van der Waals surface area contributed by atoms with Gasteiger partial charge in [0.25, 0.3) is 11.1 Å². The molecule has 0 atom stereocenters. The Morgan fingerprint density at radius 3 is 2.75 bits per heavy atom. The van der Waals surface area contributed by atoms with Crippen molar-refractivity contribution in [2.24, 2.45) is 0 Å². The highest BCUT2D eigenvalue weighted by atomic mass is 35.5. The van der Waals surface area contributed by atoms with E-state index < -0.39 is 23.6 Å². The summed E-state index contributed by atoms with van der Waals surface area (Å²) in [4.78, 5) is 37.9. The lowest BCUT2D eigenvalue weighted by molar-refractivity contribution is -0.127. The van der Waals surface area contributed by atoms with Crippen molar-refractivity contribution < 1.29 is 24.2 Å². The molecule has 0 spiro atoms. The van der Waals surface area contributed by atoms with E-state index >= 15 is 0 Å². The minimum atomic E-state index is -0.573. The lowest BCUT2D eigenvalue weighted by Crippen LogP contribution is -2.36. The Labute approximate surface area is 169 Å². The second-order valence-corrected chi connectivity index (χ2v) is 7.13. The molecule has 0 aromatic heterocycles. The average Bonchev–Trinajstić information content (AvgIpc) is 2.92. The molecule has 144 valence electrons. The van der Waals surface area contributed by atoms with Crippen LogP contribution >= 0.6 is 23.4 Å². The molecule has 0 aliphatic carbocycles. The Bertz CT molecular complexity index is 992. The Kier molecular flexibility index (Phi) is 5.91. The fourth-order valence-corrected chi connectivity index (χ4v) is 3.49. The minimum absolute atomic E-state index is 0.0380. The molecule has 1 aliphatic rings. The smallest absolute Gasteiger partial charge is 0.294 e. The summed E-state index contributed by atoms with van der Waals surface area (Å²) < 4.78 is 5.03. The molecule has 1 fully saturated rings. The van der Waals surface area contributed by atoms with Crippen molar-refractivity contribution in [2.75, 3.05) is 19.0 Å². The van der Waals surface area contributed by atoms with Gasteiger partial charge in [-0.3, -0.25) is 19.3 Å². The van der Waals surface area contributed by atoms with Gasteiger partial charge >= 0.3 is 0 Å². The largest absolute Gasteiger partial charge is 0.504 e. The van der Waals surface area contributed by atoms with Crippen molar-refractivity contribution >= 4 is 52.2 Å². The normalized spacial score (nSPS) is 15.2. The molecule has 0 radical (unpaired) electrons. The molecule has 1 saturated heterocycles. The maximum atomic E-state index is 12.5. The molecular weight excluding hydrogens is 404 g/mol. The third-order valence-electron chi connectivity index (χ3n) is 3.82. The van der Waals surface area contributed by atoms with Crippen LogP contribution in [0.1, 0.15) is 5.56 Å². The van der Waals surface area contributed by atoms with E-state index in [1.807, 2.05) is 0 Å². The number of imide groups is 1. The van der Waals surface area contributed by atoms with Gasteiger partial charge in [0, 0.05) is 0 Å². The fourth-order valence-electron chi connectivity index (χ4n) is 2.47. The number of halogens is 1. The number of ether oxygens (including phenoxy) is 1. The summed E-state index contributed by atoms with van der Waals surface area (Å²) in [6.45, 7) is -0.424. The number of aromatic hydroxyl groups is 1. The summed E-state index contributed by atoms with van der Waals surface area (Å²) in [6, 6.07) is 11.2. The first-order chi connectivity index (χ1) is 13.4. The molecule has 0 bridgehead atoms. The summed E-state index contributed by atoms with van der Waals surface area (Å²) in [5, 5.41) is 12.0. The summed E-state index contributed by atoms with van der Waals surface area (Å²) in [5.74, 6) is -0.907. The number of para-hydroxylation sites is 1. The number of hydrogen-bond acceptors (Lipinski definition) is 6. The maximum Gasteiger partial charge on any atom is 0.294 e. The molecule has 1 heterocycles. The topological polar surface area (TPSA) is 95.9 Å². The fraction of sp³-hybridized carbons (Fsp3) is 0.105. The van der Waals surface area contributed by atoms with Crippen LogP contribution in [0.15, 0.2) is 47.4 Å². The van der Waals surface area contributed by atoms with Crippen LogP contribution in [0.4, 0.5) is 10.5 Å². The summed E-state index contributed by atoms with van der Waals surface area (Å²) in [6.07, 6.45) is 1.50. The molecule has 7 nitrogen and oxygen atoms in total. The van der Waals surface area contributed by atoms with Crippen molar-refractivity contribution in [1.82, 2.24) is 4.90 Å². The first kappa shape index (κ1) is 19.8. The first-order valence-electron chi connectivity index (χ1n) is 8.06. The number of carbonyl (C=O) groups is 3. The van der Waals surface area contributed by atoms with E-state index in [9.17, 15) is 19.5 Å². The number of methoxy groups -OCH3 is 1. The number of nitrogens with zero attached hydrogens (tertiary/aromatic N) is 1. The molecule has 1 aliphatic heterocycles. The monoisotopic (exact) mass is 418 g/mol. The number of phenols is 1. The number of hydrogen-bond donors (Lipinski definition) is 2. The van der Waals surface area contributed by atoms with Gasteiger partial charge in [-0.1, -0.05) is 29.8 Å². The quantitative estimate of drug-likeness (QED) is 0.718. The number of thioether (sulfide) groups is 1. The molecule has 3 amide bonds. The molecule has 2 aromatic rings. The molecule has 2 aromatic carbocycles. The van der Waals surface area contributed by atoms with E-state index in [0.717, 1.165) is 16.7 Å². The van der Waals surface area contributed by atoms with Crippen LogP contribution in [0, 0.1) is 0 Å². The zero-order chi connectivity index (χ0) is 20.3. The molecule has 28 heavy (non-hydrogen) atoms. The highest BCUT2D eigenvalue weighted by Gasteiger charge is 2.36. The third kappa shape index (κ3) is 4.29. The number of benzene rings is 2. The highest BCUT2D eigenvalue weighted by molar-refractivity contribution is 8.18. The van der Waals surface area contributed by atoms with Crippen LogP contribution in [-0.2, 0) is 9.59 Å². The Morgan fingerprint density at radius 2 is 2.04 bits per heavy atom. The van der Waals surface area contributed by atoms with Crippen molar-refractivity contribution in [3.63, 3.8) is 0 Å². The molecular formula is C19H15ClN2O5S. The van der Waals surface area contributed by atoms with E-state index in [-0.39, 0.29) is 16.4 Å². The van der Waals surface area contributed by atoms with Crippen LogP contribution in [0.3, 0.4) is 0 Å². The van der Waals surface area contributed by atoms with Crippen LogP contribution in [0.5, 0.6) is 11.5 Å². The zero-order valence-electron chi connectivity index (χ0n) is 14.6. The van der Waals surface area contributed by atoms with Crippen molar-refractivity contribution in [3.8, 4) is 11.5 Å². The summed E-state index contributed by atoms with van der Waals surface area (Å²) in [7, 11) is 1.41. The van der Waals surface area contributed by atoms with Crippen molar-refractivity contribution in [3.05, 3.63) is 58.0 Å². The second kappa shape index (κ2) is 8.37. The highest BCUT2D eigenvalue weighted by Crippen LogP contribution is 2.34. The van der Waals surface area contributed by atoms with Crippen LogP contribution in [-0.4, -0.2) is 40.7 Å². The number of rotatable bonds is 5. The lowest BCUT2D eigenvalue weighted by atomic mass is 10.2. The predicted molar refractivity (Wildman–Crippen MR) is 107 cm³/mol. The Hall–Kier alpha value is -2.97. The minimum Gasteiger partial charge on any atom is -0.504 e.